The predicted octanol–water partition coefficient (Wildman–Crippen LogP) is -1.13. The Morgan fingerprint density at radius 3 is 2.56 bits per heavy atom. The van der Waals surface area contributed by atoms with Crippen LogP contribution in [0.5, 0.6) is 0 Å². The van der Waals surface area contributed by atoms with Gasteiger partial charge in [0.25, 0.3) is 0 Å². The molecule has 0 aliphatic heterocycles. The summed E-state index contributed by atoms with van der Waals surface area (Å²) >= 11 is 0. The fraction of sp³-hybridized carbons (Fsp3) is 1.00. The molecule has 0 aromatic heterocycles. The largest absolute Gasteiger partial charge is 0.393 e. The van der Waals surface area contributed by atoms with Crippen LogP contribution in [0.2, 0.25) is 0 Å². The molecule has 0 saturated carbocycles. The zero-order valence-electron chi connectivity index (χ0n) is 5.20. The first-order valence-electron chi connectivity index (χ1n) is 2.69. The van der Waals surface area contributed by atoms with Crippen LogP contribution in [0.25, 0.3) is 0 Å². The molecule has 1 unspecified atom stereocenters. The molecule has 0 aromatic carbocycles. The summed E-state index contributed by atoms with van der Waals surface area (Å²) in [6.45, 7) is 1.93. The molecule has 1 atom stereocenters. The van der Waals surface area contributed by atoms with Crippen LogP contribution in [0.4, 0.5) is 0 Å². The highest BCUT2D eigenvalue weighted by Gasteiger charge is 1.93. The van der Waals surface area contributed by atoms with Crippen molar-refractivity contribution in [3.05, 3.63) is 0 Å². The predicted molar refractivity (Wildman–Crippen MR) is 34.6 cm³/mol. The third-order valence-corrected chi connectivity index (χ3v) is 1.28. The maximum Gasteiger partial charge on any atom is 0.201 e. The second kappa shape index (κ2) is 4.72. The van der Waals surface area contributed by atoms with E-state index < -0.39 is 17.0 Å². The molecule has 0 aliphatic rings. The number of hydrogen-bond donors (Lipinski definition) is 3. The van der Waals surface area contributed by atoms with Crippen LogP contribution >= 0.6 is 0 Å². The van der Waals surface area contributed by atoms with Crippen LogP contribution in [0, 0.1) is 0 Å². The van der Waals surface area contributed by atoms with Crippen LogP contribution in [-0.4, -0.2) is 26.2 Å². The van der Waals surface area contributed by atoms with Crippen molar-refractivity contribution in [2.75, 3.05) is 6.54 Å². The molecule has 0 rings (SSSR count). The highest BCUT2D eigenvalue weighted by Crippen LogP contribution is 1.84. The lowest BCUT2D eigenvalue weighted by molar-refractivity contribution is 0.186. The number of nitrogens with one attached hydrogen (secondary N) is 1. The molecule has 0 saturated heterocycles. The summed E-state index contributed by atoms with van der Waals surface area (Å²) in [5.41, 5.74) is 0. The normalized spacial score (nSPS) is 14.1. The van der Waals surface area contributed by atoms with E-state index in [-0.39, 0.29) is 0 Å². The third kappa shape index (κ3) is 7.87. The van der Waals surface area contributed by atoms with Gasteiger partial charge in [-0.1, -0.05) is 0 Å². The Morgan fingerprint density at radius 2 is 2.22 bits per heavy atom. The maximum atomic E-state index is 9.83. The Kier molecular flexibility index (Phi) is 4.65. The molecular weight excluding hydrogens is 142 g/mol. The molecular formula is C4H11NO3S. The van der Waals surface area contributed by atoms with E-state index >= 15 is 0 Å². The van der Waals surface area contributed by atoms with Gasteiger partial charge in [-0.15, -0.1) is 0 Å². The zero-order valence-corrected chi connectivity index (χ0v) is 6.10. The van der Waals surface area contributed by atoms with Gasteiger partial charge in [0, 0.05) is 6.54 Å². The molecule has 56 valence electrons. The van der Waals surface area contributed by atoms with E-state index in [0.29, 0.717) is 13.0 Å². The highest BCUT2D eigenvalue weighted by atomic mass is 32.2. The Bertz CT molecular complexity index is 124. The van der Waals surface area contributed by atoms with Crippen LogP contribution < -0.4 is 4.72 Å². The molecule has 9 heavy (non-hydrogen) atoms. The smallest absolute Gasteiger partial charge is 0.201 e. The number of aliphatic hydroxyl groups is 1. The lowest BCUT2D eigenvalue weighted by Crippen LogP contribution is -2.16. The van der Waals surface area contributed by atoms with Gasteiger partial charge in [-0.3, -0.25) is 0 Å². The van der Waals surface area contributed by atoms with E-state index in [1.54, 1.807) is 6.92 Å². The first-order valence-corrected chi connectivity index (χ1v) is 3.86. The molecule has 0 heterocycles. The van der Waals surface area contributed by atoms with E-state index in [2.05, 4.69) is 4.72 Å². The molecule has 0 aromatic rings. The van der Waals surface area contributed by atoms with Crippen LogP contribution in [0.15, 0.2) is 0 Å². The van der Waals surface area contributed by atoms with E-state index in [9.17, 15) is 8.42 Å². The first-order chi connectivity index (χ1) is 4.13. The molecule has 2 N–H and O–H groups in total. The fourth-order valence-corrected chi connectivity index (χ4v) is 0.676. The first kappa shape index (κ1) is 8.87. The van der Waals surface area contributed by atoms with Crippen molar-refractivity contribution in [2.24, 2.45) is 0 Å². The van der Waals surface area contributed by atoms with Gasteiger partial charge in [-0.2, -0.15) is 0 Å². The van der Waals surface area contributed by atoms with Gasteiger partial charge in [0.15, 0.2) is 0 Å². The lowest BCUT2D eigenvalue weighted by Gasteiger charge is -1.99. The Hall–Kier alpha value is -0.130. The molecule has 0 radical (unpaired) electrons. The molecule has 0 spiro atoms. The monoisotopic (exact) mass is 153 g/mol. The van der Waals surface area contributed by atoms with Gasteiger partial charge < -0.3 is 5.11 Å². The van der Waals surface area contributed by atoms with E-state index in [1.807, 2.05) is 0 Å². The van der Waals surface area contributed by atoms with Gasteiger partial charge in [0.1, 0.15) is 0 Å². The van der Waals surface area contributed by atoms with Crippen molar-refractivity contribution in [1.82, 2.24) is 4.72 Å². The Balaban J connectivity index is 3.10. The second-order valence-electron chi connectivity index (χ2n) is 1.80. The van der Waals surface area contributed by atoms with Crippen LogP contribution in [0.1, 0.15) is 13.3 Å². The zero-order chi connectivity index (χ0) is 7.28. The van der Waals surface area contributed by atoms with Crippen molar-refractivity contribution < 1.29 is 13.5 Å². The summed E-state index contributed by atoms with van der Waals surface area (Å²) in [5, 5.41) is 8.63. The minimum absolute atomic E-state index is 0.316. The summed E-state index contributed by atoms with van der Waals surface area (Å²) in [6, 6.07) is 0. The maximum absolute atomic E-state index is 9.83. The van der Waals surface area contributed by atoms with Crippen molar-refractivity contribution in [3.8, 4) is 0 Å². The number of hydrogen-bond acceptors (Lipinski definition) is 3. The molecule has 0 fully saturated rings. The number of rotatable bonds is 4. The summed E-state index contributed by atoms with van der Waals surface area (Å²) in [5.74, 6) is 0. The van der Waals surface area contributed by atoms with E-state index in [0.717, 1.165) is 0 Å². The summed E-state index contributed by atoms with van der Waals surface area (Å²) in [6.07, 6.45) is 0.0241. The molecule has 5 heteroatoms. The average Bonchev–Trinajstić information content (AvgIpc) is 1.63. The SMILES string of the molecule is CC(O)CCN[SH](=O)=O. The number of thiol groups is 1. The van der Waals surface area contributed by atoms with Crippen molar-refractivity contribution in [1.29, 1.82) is 0 Å². The Morgan fingerprint density at radius 1 is 1.67 bits per heavy atom. The standard InChI is InChI=1S/C4H11NO3S/c1-4(6)2-3-5-9(7)8/h4,6,9H,2-3H2,1H3,(H,5,7,8). The summed E-state index contributed by atoms with van der Waals surface area (Å²) < 4.78 is 21.8. The lowest BCUT2D eigenvalue weighted by atomic mass is 10.3. The molecule has 0 aliphatic carbocycles. The van der Waals surface area contributed by atoms with E-state index in [4.69, 9.17) is 5.11 Å². The second-order valence-corrected chi connectivity index (χ2v) is 2.63. The summed E-state index contributed by atoms with van der Waals surface area (Å²) in [4.78, 5) is 0. The van der Waals surface area contributed by atoms with Gasteiger partial charge >= 0.3 is 0 Å². The van der Waals surface area contributed by atoms with Crippen molar-refractivity contribution in [2.45, 2.75) is 19.4 Å². The topological polar surface area (TPSA) is 66.4 Å². The van der Waals surface area contributed by atoms with Crippen LogP contribution in [0.3, 0.4) is 0 Å². The van der Waals surface area contributed by atoms with Crippen molar-refractivity contribution in [3.63, 3.8) is 0 Å². The van der Waals surface area contributed by atoms with Gasteiger partial charge in [0.2, 0.25) is 10.9 Å². The minimum Gasteiger partial charge on any atom is -0.393 e. The molecule has 4 nitrogen and oxygen atoms in total. The Labute approximate surface area is 56.0 Å². The van der Waals surface area contributed by atoms with Gasteiger partial charge in [-0.05, 0) is 13.3 Å². The molecule has 0 bridgehead atoms. The quantitative estimate of drug-likeness (QED) is 0.448. The van der Waals surface area contributed by atoms with Crippen molar-refractivity contribution >= 4 is 10.9 Å². The third-order valence-electron chi connectivity index (χ3n) is 0.803. The number of aliphatic hydroxyl groups excluding tert-OH is 1. The fourth-order valence-electron chi connectivity index (χ4n) is 0.365. The van der Waals surface area contributed by atoms with Gasteiger partial charge in [0.05, 0.1) is 6.10 Å². The van der Waals surface area contributed by atoms with Crippen LogP contribution in [-0.2, 0) is 10.9 Å². The van der Waals surface area contributed by atoms with Gasteiger partial charge in [-0.25, -0.2) is 13.1 Å². The minimum atomic E-state index is -2.49. The van der Waals surface area contributed by atoms with E-state index in [1.165, 1.54) is 0 Å². The average molecular weight is 153 g/mol. The molecule has 0 amide bonds. The highest BCUT2D eigenvalue weighted by molar-refractivity contribution is 7.70. The summed E-state index contributed by atoms with van der Waals surface area (Å²) in [7, 11) is -2.49.